The van der Waals surface area contributed by atoms with Gasteiger partial charge in [-0.15, -0.1) is 0 Å². The van der Waals surface area contributed by atoms with Gasteiger partial charge in [0, 0.05) is 6.20 Å². The smallest absolute Gasteiger partial charge is 0.413 e. The van der Waals surface area contributed by atoms with E-state index in [1.54, 1.807) is 4.90 Å². The maximum absolute atomic E-state index is 11.1. The van der Waals surface area contributed by atoms with Gasteiger partial charge in [-0.1, -0.05) is 30.3 Å². The lowest BCUT2D eigenvalue weighted by Gasteiger charge is -2.05. The summed E-state index contributed by atoms with van der Waals surface area (Å²) in [5.74, 6) is 0. The van der Waals surface area contributed by atoms with Crippen molar-refractivity contribution in [3.8, 4) is 0 Å². The molecule has 1 amide bonds. The molecule has 0 unspecified atom stereocenters. The molecular formula is C13H15NO2. The van der Waals surface area contributed by atoms with Crippen molar-refractivity contribution in [2.24, 2.45) is 0 Å². The van der Waals surface area contributed by atoms with Crippen LogP contribution in [0.4, 0.5) is 4.79 Å². The van der Waals surface area contributed by atoms with E-state index in [-0.39, 0.29) is 6.09 Å². The van der Waals surface area contributed by atoms with Crippen molar-refractivity contribution in [1.29, 1.82) is 0 Å². The van der Waals surface area contributed by atoms with E-state index in [2.05, 4.69) is 19.1 Å². The summed E-state index contributed by atoms with van der Waals surface area (Å²) in [5.41, 5.74) is 2.56. The molecule has 1 aliphatic rings. The number of hydrogen-bond donors (Lipinski definition) is 0. The van der Waals surface area contributed by atoms with E-state index in [9.17, 15) is 4.79 Å². The minimum absolute atomic E-state index is 0.249. The number of carbonyl (C=O) groups excluding carboxylic acids is 1. The standard InChI is InChI=1S/C13H15NO2/c1-11-5-2-3-6-12(11)7-4-8-14-9-10-16-13(14)15/h2-6,8H,7,9-10H2,1H3/b8-4+. The molecule has 0 spiro atoms. The van der Waals surface area contributed by atoms with Gasteiger partial charge in [0.05, 0.1) is 6.54 Å². The second-order valence-corrected chi connectivity index (χ2v) is 3.82. The van der Waals surface area contributed by atoms with E-state index in [1.807, 2.05) is 24.4 Å². The maximum Gasteiger partial charge on any atom is 0.413 e. The number of carbonyl (C=O) groups is 1. The molecule has 0 atom stereocenters. The van der Waals surface area contributed by atoms with Crippen molar-refractivity contribution >= 4 is 6.09 Å². The summed E-state index contributed by atoms with van der Waals surface area (Å²) >= 11 is 0. The summed E-state index contributed by atoms with van der Waals surface area (Å²) in [7, 11) is 0. The number of cyclic esters (lactones) is 1. The SMILES string of the molecule is Cc1ccccc1C/C=C/N1CCOC1=O. The molecule has 0 saturated carbocycles. The Morgan fingerprint density at radius 2 is 2.25 bits per heavy atom. The van der Waals surface area contributed by atoms with Crippen molar-refractivity contribution in [2.75, 3.05) is 13.2 Å². The number of ether oxygens (including phenoxy) is 1. The molecule has 0 aliphatic carbocycles. The van der Waals surface area contributed by atoms with Crippen LogP contribution in [0.2, 0.25) is 0 Å². The van der Waals surface area contributed by atoms with E-state index in [1.165, 1.54) is 11.1 Å². The lowest BCUT2D eigenvalue weighted by molar-refractivity contribution is 0.166. The first-order valence-corrected chi connectivity index (χ1v) is 5.42. The van der Waals surface area contributed by atoms with Crippen LogP contribution in [-0.4, -0.2) is 24.1 Å². The molecule has 0 aromatic heterocycles. The molecule has 0 N–H and O–H groups in total. The average molecular weight is 217 g/mol. The number of amides is 1. The van der Waals surface area contributed by atoms with Crippen LogP contribution in [0.5, 0.6) is 0 Å². The van der Waals surface area contributed by atoms with Gasteiger partial charge in [-0.2, -0.15) is 0 Å². The summed E-state index contributed by atoms with van der Waals surface area (Å²) in [6.45, 7) is 3.24. The molecule has 0 radical (unpaired) electrons. The second-order valence-electron chi connectivity index (χ2n) is 3.82. The van der Waals surface area contributed by atoms with E-state index in [0.29, 0.717) is 13.2 Å². The lowest BCUT2D eigenvalue weighted by atomic mass is 10.1. The molecule has 2 rings (SSSR count). The second kappa shape index (κ2) is 4.84. The first-order chi connectivity index (χ1) is 7.77. The molecule has 0 bridgehead atoms. The van der Waals surface area contributed by atoms with Gasteiger partial charge in [-0.05, 0) is 24.5 Å². The molecular weight excluding hydrogens is 202 g/mol. The van der Waals surface area contributed by atoms with Crippen LogP contribution in [0.3, 0.4) is 0 Å². The van der Waals surface area contributed by atoms with Gasteiger partial charge in [0.15, 0.2) is 0 Å². The topological polar surface area (TPSA) is 29.5 Å². The zero-order valence-electron chi connectivity index (χ0n) is 9.35. The monoisotopic (exact) mass is 217 g/mol. The third-order valence-corrected chi connectivity index (χ3v) is 2.68. The zero-order chi connectivity index (χ0) is 11.4. The fourth-order valence-electron chi connectivity index (χ4n) is 1.69. The highest BCUT2D eigenvalue weighted by Gasteiger charge is 2.18. The molecule has 84 valence electrons. The minimum Gasteiger partial charge on any atom is -0.447 e. The number of allylic oxidation sites excluding steroid dienone is 1. The van der Waals surface area contributed by atoms with Crippen LogP contribution < -0.4 is 0 Å². The van der Waals surface area contributed by atoms with Crippen LogP contribution in [0.15, 0.2) is 36.5 Å². The van der Waals surface area contributed by atoms with Crippen LogP contribution in [-0.2, 0) is 11.2 Å². The normalized spacial score (nSPS) is 15.8. The van der Waals surface area contributed by atoms with Gasteiger partial charge in [-0.25, -0.2) is 4.79 Å². The highest BCUT2D eigenvalue weighted by molar-refractivity contribution is 5.70. The number of aryl methyl sites for hydroxylation is 1. The Labute approximate surface area is 95.3 Å². The highest BCUT2D eigenvalue weighted by atomic mass is 16.6. The largest absolute Gasteiger partial charge is 0.447 e. The Bertz CT molecular complexity index is 412. The number of nitrogens with zero attached hydrogens (tertiary/aromatic N) is 1. The predicted octanol–water partition coefficient (Wildman–Crippen LogP) is 2.50. The first-order valence-electron chi connectivity index (χ1n) is 5.42. The molecule has 1 fully saturated rings. The third-order valence-electron chi connectivity index (χ3n) is 2.68. The van der Waals surface area contributed by atoms with Gasteiger partial charge < -0.3 is 4.74 Å². The van der Waals surface area contributed by atoms with Crippen molar-refractivity contribution < 1.29 is 9.53 Å². The molecule has 1 saturated heterocycles. The van der Waals surface area contributed by atoms with Crippen LogP contribution in [0.1, 0.15) is 11.1 Å². The Kier molecular flexibility index (Phi) is 3.25. The number of rotatable bonds is 3. The summed E-state index contributed by atoms with van der Waals surface area (Å²) < 4.78 is 4.83. The molecule has 1 aliphatic heterocycles. The lowest BCUT2D eigenvalue weighted by Crippen LogP contribution is -2.16. The summed E-state index contributed by atoms with van der Waals surface area (Å²) in [4.78, 5) is 12.7. The van der Waals surface area contributed by atoms with Gasteiger partial charge in [0.25, 0.3) is 0 Å². The molecule has 1 aromatic carbocycles. The fraction of sp³-hybridized carbons (Fsp3) is 0.308. The van der Waals surface area contributed by atoms with Crippen LogP contribution >= 0.6 is 0 Å². The van der Waals surface area contributed by atoms with Crippen molar-refractivity contribution in [2.45, 2.75) is 13.3 Å². The van der Waals surface area contributed by atoms with Crippen molar-refractivity contribution in [3.63, 3.8) is 0 Å². The van der Waals surface area contributed by atoms with E-state index >= 15 is 0 Å². The van der Waals surface area contributed by atoms with Crippen LogP contribution in [0.25, 0.3) is 0 Å². The van der Waals surface area contributed by atoms with E-state index < -0.39 is 0 Å². The van der Waals surface area contributed by atoms with E-state index in [4.69, 9.17) is 4.74 Å². The molecule has 3 heteroatoms. The van der Waals surface area contributed by atoms with Crippen molar-refractivity contribution in [3.05, 3.63) is 47.7 Å². The Morgan fingerprint density at radius 3 is 2.94 bits per heavy atom. The van der Waals surface area contributed by atoms with Gasteiger partial charge in [0.2, 0.25) is 0 Å². The third kappa shape index (κ3) is 2.42. The van der Waals surface area contributed by atoms with Gasteiger partial charge >= 0.3 is 6.09 Å². The van der Waals surface area contributed by atoms with Gasteiger partial charge in [-0.3, -0.25) is 4.90 Å². The Balaban J connectivity index is 1.94. The summed E-state index contributed by atoms with van der Waals surface area (Å²) in [6, 6.07) is 8.25. The number of benzene rings is 1. The summed E-state index contributed by atoms with van der Waals surface area (Å²) in [6.07, 6.45) is 4.40. The molecule has 3 nitrogen and oxygen atoms in total. The average Bonchev–Trinajstić information content (AvgIpc) is 2.67. The Morgan fingerprint density at radius 1 is 1.44 bits per heavy atom. The Hall–Kier alpha value is -1.77. The first kappa shape index (κ1) is 10.7. The minimum atomic E-state index is -0.249. The van der Waals surface area contributed by atoms with Crippen molar-refractivity contribution in [1.82, 2.24) is 4.90 Å². The van der Waals surface area contributed by atoms with E-state index in [0.717, 1.165) is 6.42 Å². The summed E-state index contributed by atoms with van der Waals surface area (Å²) in [5, 5.41) is 0. The number of hydrogen-bond acceptors (Lipinski definition) is 2. The zero-order valence-corrected chi connectivity index (χ0v) is 9.35. The molecule has 1 heterocycles. The van der Waals surface area contributed by atoms with Gasteiger partial charge in [0.1, 0.15) is 6.61 Å². The molecule has 16 heavy (non-hydrogen) atoms. The molecule has 1 aromatic rings. The van der Waals surface area contributed by atoms with Crippen LogP contribution in [0, 0.1) is 6.92 Å². The quantitative estimate of drug-likeness (QED) is 0.778. The highest BCUT2D eigenvalue weighted by Crippen LogP contribution is 2.09. The predicted molar refractivity (Wildman–Crippen MR) is 62.1 cm³/mol. The maximum atomic E-state index is 11.1. The fourth-order valence-corrected chi connectivity index (χ4v) is 1.69.